The second kappa shape index (κ2) is 6.30. The fraction of sp³-hybridized carbons (Fsp3) is 0.421. The van der Waals surface area contributed by atoms with Crippen molar-refractivity contribution in [2.24, 2.45) is 0 Å². The van der Waals surface area contributed by atoms with Gasteiger partial charge in [0.25, 0.3) is 0 Å². The van der Waals surface area contributed by atoms with Crippen LogP contribution in [0.5, 0.6) is 5.75 Å². The SMILES string of the molecule is CC(=O)c1ccc2ccccc2c1OC1CCCCCC1. The number of Topliss-reactive ketones (excluding diaryl/α,β-unsaturated/α-hetero) is 1. The summed E-state index contributed by atoms with van der Waals surface area (Å²) in [6.07, 6.45) is 7.50. The maximum Gasteiger partial charge on any atom is 0.163 e. The van der Waals surface area contributed by atoms with Crippen LogP contribution in [0.2, 0.25) is 0 Å². The Kier molecular flexibility index (Phi) is 4.23. The van der Waals surface area contributed by atoms with Crippen LogP contribution in [0.4, 0.5) is 0 Å². The van der Waals surface area contributed by atoms with Gasteiger partial charge in [-0.3, -0.25) is 4.79 Å². The summed E-state index contributed by atoms with van der Waals surface area (Å²) in [7, 11) is 0. The van der Waals surface area contributed by atoms with Gasteiger partial charge in [-0.15, -0.1) is 0 Å². The number of rotatable bonds is 3. The molecule has 2 aromatic carbocycles. The Morgan fingerprint density at radius 2 is 1.71 bits per heavy atom. The van der Waals surface area contributed by atoms with E-state index in [1.165, 1.54) is 25.7 Å². The quantitative estimate of drug-likeness (QED) is 0.575. The van der Waals surface area contributed by atoms with E-state index in [9.17, 15) is 4.79 Å². The minimum Gasteiger partial charge on any atom is -0.489 e. The molecule has 0 bridgehead atoms. The molecular weight excluding hydrogens is 260 g/mol. The zero-order valence-electron chi connectivity index (χ0n) is 12.6. The molecule has 0 aromatic heterocycles. The first-order valence-electron chi connectivity index (χ1n) is 7.95. The monoisotopic (exact) mass is 282 g/mol. The first-order chi connectivity index (χ1) is 10.3. The smallest absolute Gasteiger partial charge is 0.163 e. The predicted octanol–water partition coefficient (Wildman–Crippen LogP) is 5.14. The number of hydrogen-bond donors (Lipinski definition) is 0. The highest BCUT2D eigenvalue weighted by atomic mass is 16.5. The van der Waals surface area contributed by atoms with Gasteiger partial charge < -0.3 is 4.74 Å². The molecule has 1 saturated carbocycles. The second-order valence-corrected chi connectivity index (χ2v) is 5.95. The van der Waals surface area contributed by atoms with E-state index in [2.05, 4.69) is 6.07 Å². The van der Waals surface area contributed by atoms with Crippen LogP contribution in [0.1, 0.15) is 55.8 Å². The van der Waals surface area contributed by atoms with Gasteiger partial charge in [0.2, 0.25) is 0 Å². The summed E-state index contributed by atoms with van der Waals surface area (Å²) < 4.78 is 6.32. The molecule has 0 amide bonds. The summed E-state index contributed by atoms with van der Waals surface area (Å²) in [4.78, 5) is 11.9. The van der Waals surface area contributed by atoms with E-state index in [4.69, 9.17) is 4.74 Å². The van der Waals surface area contributed by atoms with Gasteiger partial charge in [-0.2, -0.15) is 0 Å². The van der Waals surface area contributed by atoms with Crippen LogP contribution in [0, 0.1) is 0 Å². The summed E-state index contributed by atoms with van der Waals surface area (Å²) in [6.45, 7) is 1.62. The molecule has 3 rings (SSSR count). The lowest BCUT2D eigenvalue weighted by Crippen LogP contribution is -2.17. The molecule has 0 aliphatic heterocycles. The second-order valence-electron chi connectivity index (χ2n) is 5.95. The number of hydrogen-bond acceptors (Lipinski definition) is 2. The van der Waals surface area contributed by atoms with Crippen molar-refractivity contribution in [1.82, 2.24) is 0 Å². The van der Waals surface area contributed by atoms with E-state index in [0.29, 0.717) is 5.56 Å². The minimum absolute atomic E-state index is 0.0735. The van der Waals surface area contributed by atoms with Crippen LogP contribution in [0.15, 0.2) is 36.4 Å². The molecule has 1 aliphatic rings. The Hall–Kier alpha value is -1.83. The van der Waals surface area contributed by atoms with Gasteiger partial charge in [0.15, 0.2) is 5.78 Å². The maximum atomic E-state index is 11.9. The van der Waals surface area contributed by atoms with Crippen molar-refractivity contribution in [2.45, 2.75) is 51.6 Å². The van der Waals surface area contributed by atoms with E-state index in [1.54, 1.807) is 6.92 Å². The highest BCUT2D eigenvalue weighted by Crippen LogP contribution is 2.33. The number of ketones is 1. The molecule has 1 aliphatic carbocycles. The number of benzene rings is 2. The van der Waals surface area contributed by atoms with Crippen molar-refractivity contribution >= 4 is 16.6 Å². The van der Waals surface area contributed by atoms with Crippen molar-refractivity contribution in [2.75, 3.05) is 0 Å². The lowest BCUT2D eigenvalue weighted by molar-refractivity contribution is 0.100. The largest absolute Gasteiger partial charge is 0.489 e. The molecule has 0 atom stereocenters. The third-order valence-electron chi connectivity index (χ3n) is 4.35. The minimum atomic E-state index is 0.0735. The number of fused-ring (bicyclic) bond motifs is 1. The van der Waals surface area contributed by atoms with Gasteiger partial charge in [0.1, 0.15) is 5.75 Å². The average Bonchev–Trinajstić information content (AvgIpc) is 2.76. The summed E-state index contributed by atoms with van der Waals surface area (Å²) in [5, 5.41) is 2.18. The predicted molar refractivity (Wildman–Crippen MR) is 86.1 cm³/mol. The van der Waals surface area contributed by atoms with Crippen LogP contribution >= 0.6 is 0 Å². The first kappa shape index (κ1) is 14.1. The van der Waals surface area contributed by atoms with Crippen LogP contribution in [0.3, 0.4) is 0 Å². The van der Waals surface area contributed by atoms with Crippen LogP contribution in [0.25, 0.3) is 10.8 Å². The molecule has 0 heterocycles. The van der Waals surface area contributed by atoms with E-state index in [-0.39, 0.29) is 11.9 Å². The van der Waals surface area contributed by atoms with Crippen molar-refractivity contribution in [1.29, 1.82) is 0 Å². The van der Waals surface area contributed by atoms with Crippen LogP contribution < -0.4 is 4.74 Å². The molecule has 2 heteroatoms. The highest BCUT2D eigenvalue weighted by Gasteiger charge is 2.18. The van der Waals surface area contributed by atoms with Crippen molar-refractivity contribution in [3.8, 4) is 5.75 Å². The van der Waals surface area contributed by atoms with Crippen molar-refractivity contribution in [3.63, 3.8) is 0 Å². The lowest BCUT2D eigenvalue weighted by Gasteiger charge is -2.20. The van der Waals surface area contributed by atoms with Crippen LogP contribution in [-0.2, 0) is 0 Å². The molecule has 2 aromatic rings. The molecule has 110 valence electrons. The van der Waals surface area contributed by atoms with E-state index in [0.717, 1.165) is 29.4 Å². The van der Waals surface area contributed by atoms with E-state index < -0.39 is 0 Å². The van der Waals surface area contributed by atoms with E-state index in [1.807, 2.05) is 30.3 Å². The fourth-order valence-corrected chi connectivity index (χ4v) is 3.17. The fourth-order valence-electron chi connectivity index (χ4n) is 3.17. The number of carbonyl (C=O) groups is 1. The van der Waals surface area contributed by atoms with Gasteiger partial charge >= 0.3 is 0 Å². The first-order valence-corrected chi connectivity index (χ1v) is 7.95. The Morgan fingerprint density at radius 1 is 1.00 bits per heavy atom. The molecule has 21 heavy (non-hydrogen) atoms. The topological polar surface area (TPSA) is 26.3 Å². The van der Waals surface area contributed by atoms with Crippen molar-refractivity contribution in [3.05, 3.63) is 42.0 Å². The summed E-state index contributed by atoms with van der Waals surface area (Å²) in [6, 6.07) is 12.0. The van der Waals surface area contributed by atoms with Gasteiger partial charge in [-0.25, -0.2) is 0 Å². The number of ether oxygens (including phenoxy) is 1. The summed E-state index contributed by atoms with van der Waals surface area (Å²) in [5.74, 6) is 0.858. The van der Waals surface area contributed by atoms with E-state index >= 15 is 0 Å². The summed E-state index contributed by atoms with van der Waals surface area (Å²) in [5.41, 5.74) is 0.706. The maximum absolute atomic E-state index is 11.9. The lowest BCUT2D eigenvalue weighted by atomic mass is 10.0. The van der Waals surface area contributed by atoms with Gasteiger partial charge in [0, 0.05) is 5.39 Å². The standard InChI is InChI=1S/C19H22O2/c1-14(20)17-13-12-15-8-6-7-11-18(15)19(17)21-16-9-4-2-3-5-10-16/h6-8,11-13,16H,2-5,9-10H2,1H3. The highest BCUT2D eigenvalue weighted by molar-refractivity contribution is 6.03. The Labute approximate surface area is 126 Å². The van der Waals surface area contributed by atoms with Crippen LogP contribution in [-0.4, -0.2) is 11.9 Å². The normalized spacial score (nSPS) is 16.6. The third-order valence-corrected chi connectivity index (χ3v) is 4.35. The van der Waals surface area contributed by atoms with Gasteiger partial charge in [-0.1, -0.05) is 43.2 Å². The summed E-state index contributed by atoms with van der Waals surface area (Å²) >= 11 is 0. The molecule has 0 N–H and O–H groups in total. The molecular formula is C19H22O2. The molecule has 1 fully saturated rings. The zero-order valence-corrected chi connectivity index (χ0v) is 12.6. The number of carbonyl (C=O) groups excluding carboxylic acids is 1. The molecule has 0 saturated heterocycles. The van der Waals surface area contributed by atoms with Gasteiger partial charge in [0.05, 0.1) is 11.7 Å². The molecule has 0 radical (unpaired) electrons. The molecule has 0 spiro atoms. The van der Waals surface area contributed by atoms with Gasteiger partial charge in [-0.05, 0) is 44.1 Å². The Balaban J connectivity index is 2.01. The molecule has 0 unspecified atom stereocenters. The third kappa shape index (κ3) is 3.10. The zero-order chi connectivity index (χ0) is 14.7. The Morgan fingerprint density at radius 3 is 2.43 bits per heavy atom. The van der Waals surface area contributed by atoms with Crippen molar-refractivity contribution < 1.29 is 9.53 Å². The Bertz CT molecular complexity index is 637. The molecule has 2 nitrogen and oxygen atoms in total. The average molecular weight is 282 g/mol.